The fraction of sp³-hybridized carbons (Fsp3) is 0. The van der Waals surface area contributed by atoms with Crippen molar-refractivity contribution in [3.8, 4) is 0 Å². The summed E-state index contributed by atoms with van der Waals surface area (Å²) in [5, 5.41) is 6.03. The maximum absolute atomic E-state index is 2.98. The molecular weight excluding hydrogens is 126 g/mol. The van der Waals surface area contributed by atoms with Gasteiger partial charge in [0.2, 0.25) is 0 Å². The van der Waals surface area contributed by atoms with Gasteiger partial charge in [0.05, 0.1) is 0 Å². The highest BCUT2D eigenvalue weighted by molar-refractivity contribution is 7.10. The van der Waals surface area contributed by atoms with Gasteiger partial charge in [-0.1, -0.05) is 11.5 Å². The molecule has 38 valence electrons. The van der Waals surface area contributed by atoms with Crippen LogP contribution < -0.4 is 0 Å². The van der Waals surface area contributed by atoms with E-state index in [0.717, 1.165) is 0 Å². The molecule has 1 heterocycles. The van der Waals surface area contributed by atoms with Crippen LogP contribution in [0.15, 0.2) is 22.3 Å². The molecular formula is C4H5NS2. The van der Waals surface area contributed by atoms with E-state index in [1.54, 1.807) is 22.9 Å². The van der Waals surface area contributed by atoms with Crippen LogP contribution in [0.3, 0.4) is 0 Å². The van der Waals surface area contributed by atoms with Gasteiger partial charge in [-0.2, -0.15) is 11.3 Å². The summed E-state index contributed by atoms with van der Waals surface area (Å²) in [7, 11) is 0. The number of hydrogen-bond donors (Lipinski definition) is 1. The van der Waals surface area contributed by atoms with Crippen LogP contribution in [-0.2, 0) is 0 Å². The molecule has 0 saturated carbocycles. The zero-order valence-electron chi connectivity index (χ0n) is 3.63. The van der Waals surface area contributed by atoms with Gasteiger partial charge >= 0.3 is 0 Å². The number of aromatic amines is 1. The van der Waals surface area contributed by atoms with Gasteiger partial charge in [0.1, 0.15) is 0 Å². The zero-order valence-corrected chi connectivity index (χ0v) is 5.26. The number of H-pyrrole nitrogens is 1. The summed E-state index contributed by atoms with van der Waals surface area (Å²) in [5.74, 6) is 0. The van der Waals surface area contributed by atoms with Gasteiger partial charge in [-0.25, -0.2) is 0 Å². The molecule has 0 fully saturated rings. The van der Waals surface area contributed by atoms with Crippen LogP contribution in [0.5, 0.6) is 0 Å². The molecule has 1 rings (SSSR count). The van der Waals surface area contributed by atoms with Gasteiger partial charge in [-0.15, -0.1) is 0 Å². The summed E-state index contributed by atoms with van der Waals surface area (Å²) in [4.78, 5) is 0. The molecule has 1 nitrogen and oxygen atoms in total. The van der Waals surface area contributed by atoms with Crippen molar-refractivity contribution in [1.82, 2.24) is 4.37 Å². The highest BCUT2D eigenvalue weighted by Gasteiger charge is 1.57. The Balaban J connectivity index is 3.06. The summed E-state index contributed by atoms with van der Waals surface area (Å²) in [6.45, 7) is 0. The maximum atomic E-state index is 2.98. The molecule has 0 saturated heterocycles. The minimum atomic E-state index is 1.58. The molecule has 0 amide bonds. The van der Waals surface area contributed by atoms with E-state index in [0.29, 0.717) is 0 Å². The molecule has 7 heavy (non-hydrogen) atoms. The van der Waals surface area contributed by atoms with Crippen molar-refractivity contribution in [3.05, 3.63) is 22.3 Å². The van der Waals surface area contributed by atoms with Crippen LogP contribution in [0.25, 0.3) is 0 Å². The average Bonchev–Trinajstić information content (AvgIpc) is 1.90. The molecule has 0 aliphatic rings. The normalized spacial score (nSPS) is 8.00. The van der Waals surface area contributed by atoms with Crippen molar-refractivity contribution < 1.29 is 0 Å². The van der Waals surface area contributed by atoms with E-state index < -0.39 is 0 Å². The first-order valence-electron chi connectivity index (χ1n) is 1.87. The van der Waals surface area contributed by atoms with Gasteiger partial charge in [-0.3, -0.25) is 0 Å². The Morgan fingerprint density at radius 2 is 2.14 bits per heavy atom. The van der Waals surface area contributed by atoms with E-state index >= 15 is 0 Å². The molecule has 1 aromatic rings. The molecule has 0 aromatic carbocycles. The minimum Gasteiger partial charge on any atom is -0.318 e. The fourth-order valence-electron chi connectivity index (χ4n) is 0.251. The molecule has 0 aliphatic carbocycles. The van der Waals surface area contributed by atoms with E-state index in [9.17, 15) is 0 Å². The van der Waals surface area contributed by atoms with Gasteiger partial charge in [0.25, 0.3) is 0 Å². The van der Waals surface area contributed by atoms with Crippen molar-refractivity contribution in [1.29, 1.82) is 0 Å². The average molecular weight is 131 g/mol. The minimum absolute atomic E-state index is 1.58. The highest BCUT2D eigenvalue weighted by atomic mass is 32.1. The van der Waals surface area contributed by atoms with E-state index in [-0.39, 0.29) is 0 Å². The second-order valence-corrected chi connectivity index (χ2v) is 2.51. The van der Waals surface area contributed by atoms with E-state index in [1.807, 2.05) is 22.3 Å². The molecule has 0 unspecified atom stereocenters. The smallest absolute Gasteiger partial charge is 0.0212 e. The second-order valence-electron chi connectivity index (χ2n) is 0.947. The topological polar surface area (TPSA) is 15.8 Å². The Morgan fingerprint density at radius 1 is 1.14 bits per heavy atom. The van der Waals surface area contributed by atoms with Crippen LogP contribution in [0.2, 0.25) is 0 Å². The molecule has 3 heteroatoms. The maximum Gasteiger partial charge on any atom is 0.0212 e. The number of rotatable bonds is 0. The van der Waals surface area contributed by atoms with Crippen LogP contribution in [0, 0.1) is 0 Å². The lowest BCUT2D eigenvalue weighted by Crippen LogP contribution is -1.40. The summed E-state index contributed by atoms with van der Waals surface area (Å²) >= 11 is 3.25. The predicted octanol–water partition coefficient (Wildman–Crippen LogP) is 2.26. The lowest BCUT2D eigenvalue weighted by atomic mass is 11.1. The number of nitrogens with one attached hydrogen (secondary N) is 1. The Hall–Kier alpha value is -0.280. The zero-order chi connectivity index (χ0) is 4.95. The van der Waals surface area contributed by atoms with Crippen molar-refractivity contribution in [2.75, 3.05) is 0 Å². The van der Waals surface area contributed by atoms with Crippen molar-refractivity contribution in [3.63, 3.8) is 0 Å². The third-order valence-corrected chi connectivity index (χ3v) is 1.79. The van der Waals surface area contributed by atoms with Crippen molar-refractivity contribution >= 4 is 22.9 Å². The summed E-state index contributed by atoms with van der Waals surface area (Å²) in [6.07, 6.45) is 1.91. The van der Waals surface area contributed by atoms with Crippen LogP contribution in [0.1, 0.15) is 0 Å². The lowest BCUT2D eigenvalue weighted by molar-refractivity contribution is 1.57. The molecule has 0 bridgehead atoms. The SMILES string of the molecule is c1csccs[nH]1. The summed E-state index contributed by atoms with van der Waals surface area (Å²) in [6, 6.07) is 0. The first-order chi connectivity index (χ1) is 3.50. The summed E-state index contributed by atoms with van der Waals surface area (Å²) < 4.78 is 2.98. The van der Waals surface area contributed by atoms with Crippen molar-refractivity contribution in [2.24, 2.45) is 0 Å². The number of aromatic nitrogens is 1. The molecule has 0 spiro atoms. The fourth-order valence-corrected chi connectivity index (χ4v) is 1.28. The lowest BCUT2D eigenvalue weighted by Gasteiger charge is -1.58. The van der Waals surface area contributed by atoms with E-state index in [4.69, 9.17) is 0 Å². The van der Waals surface area contributed by atoms with Crippen molar-refractivity contribution in [2.45, 2.75) is 0 Å². The van der Waals surface area contributed by atoms with Crippen LogP contribution in [-0.4, -0.2) is 4.37 Å². The Kier molecular flexibility index (Phi) is 1.96. The third-order valence-electron chi connectivity index (χ3n) is 0.485. The quantitative estimate of drug-likeness (QED) is 0.556. The van der Waals surface area contributed by atoms with Gasteiger partial charge in [-0.05, 0) is 0 Å². The molecule has 0 radical (unpaired) electrons. The monoisotopic (exact) mass is 131 g/mol. The van der Waals surface area contributed by atoms with E-state index in [1.165, 1.54) is 0 Å². The Morgan fingerprint density at radius 3 is 3.14 bits per heavy atom. The molecule has 0 aliphatic heterocycles. The Labute approximate surface area is 50.1 Å². The van der Waals surface area contributed by atoms with Crippen LogP contribution >= 0.6 is 22.9 Å². The molecule has 1 aromatic heterocycles. The first-order valence-corrected chi connectivity index (χ1v) is 3.69. The standard InChI is InChI=1S/C4H5NS2/c1-2-6-3-4-7-5-1/h1-5H. The molecule has 0 atom stereocenters. The van der Waals surface area contributed by atoms with Gasteiger partial charge in [0.15, 0.2) is 0 Å². The third kappa shape index (κ3) is 1.75. The largest absolute Gasteiger partial charge is 0.318 e. The van der Waals surface area contributed by atoms with E-state index in [2.05, 4.69) is 4.37 Å². The Bertz CT molecular complexity index is 97.7. The van der Waals surface area contributed by atoms with Gasteiger partial charge < -0.3 is 4.37 Å². The highest BCUT2D eigenvalue weighted by Crippen LogP contribution is 1.91. The summed E-state index contributed by atoms with van der Waals surface area (Å²) in [5.41, 5.74) is 0. The molecule has 1 N–H and O–H groups in total. The predicted molar refractivity (Wildman–Crippen MR) is 34.2 cm³/mol. The second kappa shape index (κ2) is 2.82. The van der Waals surface area contributed by atoms with Crippen LogP contribution in [0.4, 0.5) is 0 Å². The first kappa shape index (κ1) is 4.87. The number of hydrogen-bond acceptors (Lipinski definition) is 2. The van der Waals surface area contributed by atoms with Gasteiger partial charge in [0, 0.05) is 22.3 Å².